The van der Waals surface area contributed by atoms with Crippen LogP contribution < -0.4 is 10.2 Å². The average molecular weight is 515 g/mol. The van der Waals surface area contributed by atoms with Crippen molar-refractivity contribution in [1.82, 2.24) is 15.3 Å². The normalized spacial score (nSPS) is 13.2. The zero-order chi connectivity index (χ0) is 24.0. The Morgan fingerprint density at radius 3 is 2.36 bits per heavy atom. The number of hydrogen-bond donors (Lipinski definition) is 1. The van der Waals surface area contributed by atoms with Gasteiger partial charge in [-0.25, -0.2) is 5.01 Å². The Kier molecular flexibility index (Phi) is 8.92. The van der Waals surface area contributed by atoms with Crippen LogP contribution in [0, 0.1) is 12.8 Å². The monoisotopic (exact) mass is 514 g/mol. The fraction of sp³-hybridized carbons (Fsp3) is 0.462. The number of nitrogens with zero attached hydrogens (tertiary/aromatic N) is 3. The van der Waals surface area contributed by atoms with Crippen LogP contribution in [0.15, 0.2) is 46.9 Å². The number of carbonyl (C=O) groups excluding carboxylic acids is 2. The molecule has 6 nitrogen and oxygen atoms in total. The van der Waals surface area contributed by atoms with Crippen molar-refractivity contribution in [1.29, 1.82) is 0 Å². The van der Waals surface area contributed by atoms with E-state index >= 15 is 0 Å². The molecule has 33 heavy (non-hydrogen) atoms. The first-order valence-corrected chi connectivity index (χ1v) is 12.4. The lowest BCUT2D eigenvalue weighted by Gasteiger charge is -2.32. The van der Waals surface area contributed by atoms with Crippen LogP contribution in [-0.4, -0.2) is 48.5 Å². The summed E-state index contributed by atoms with van der Waals surface area (Å²) in [7, 11) is 1.81. The maximum absolute atomic E-state index is 13.3. The molecule has 0 spiro atoms. The Hall–Kier alpha value is -2.38. The Morgan fingerprint density at radius 2 is 1.76 bits per heavy atom. The lowest BCUT2D eigenvalue weighted by molar-refractivity contribution is -0.145. The van der Waals surface area contributed by atoms with Crippen molar-refractivity contribution < 1.29 is 9.59 Å². The molecule has 3 rings (SSSR count). The molecule has 0 unspecified atom stereocenters. The van der Waals surface area contributed by atoms with Crippen molar-refractivity contribution in [2.45, 2.75) is 46.7 Å². The molecule has 1 heterocycles. The molecule has 1 aliphatic rings. The molecule has 178 valence electrons. The van der Waals surface area contributed by atoms with Gasteiger partial charge in [0.1, 0.15) is 0 Å². The van der Waals surface area contributed by atoms with E-state index in [-0.39, 0.29) is 24.9 Å². The maximum atomic E-state index is 13.3. The summed E-state index contributed by atoms with van der Waals surface area (Å²) < 4.78 is 0.972. The van der Waals surface area contributed by atoms with Gasteiger partial charge < -0.3 is 10.2 Å². The number of carbonyl (C=O) groups is 2. The molecule has 0 bridgehead atoms. The van der Waals surface area contributed by atoms with Gasteiger partial charge in [0.05, 0.1) is 13.1 Å². The van der Waals surface area contributed by atoms with Gasteiger partial charge in [0.2, 0.25) is 5.91 Å². The number of amides is 2. The summed E-state index contributed by atoms with van der Waals surface area (Å²) in [4.78, 5) is 27.8. The molecule has 2 aromatic carbocycles. The van der Waals surface area contributed by atoms with Crippen molar-refractivity contribution >= 4 is 33.4 Å². The maximum Gasteiger partial charge on any atom is 0.256 e. The molecule has 0 saturated heterocycles. The number of likely N-dealkylation sites (N-methyl/N-ethyl adjacent to an activating group) is 1. The molecule has 7 heteroatoms. The van der Waals surface area contributed by atoms with Crippen LogP contribution >= 0.6 is 15.9 Å². The van der Waals surface area contributed by atoms with Crippen LogP contribution in [0.2, 0.25) is 0 Å². The van der Waals surface area contributed by atoms with Crippen molar-refractivity contribution in [3.05, 3.63) is 63.6 Å². The first kappa shape index (κ1) is 25.2. The third-order valence-corrected chi connectivity index (χ3v) is 6.54. The van der Waals surface area contributed by atoms with Gasteiger partial charge in [-0.3, -0.25) is 14.6 Å². The standard InChI is InChI=1S/C26H35BrN4O2/c1-19(2)8-7-13-28-25(32)17-30(24-12-11-23(27)14-20(24)3)18-26(33)29(4)31-15-21-9-5-6-10-22(21)16-31/h5-6,9-12,14,19H,7-8,13,15-18H2,1-4H3,(H,28,32). The number of hydrogen-bond acceptors (Lipinski definition) is 4. The highest BCUT2D eigenvalue weighted by molar-refractivity contribution is 9.10. The topological polar surface area (TPSA) is 55.9 Å². The van der Waals surface area contributed by atoms with Gasteiger partial charge in [0.25, 0.3) is 5.91 Å². The van der Waals surface area contributed by atoms with E-state index in [1.807, 2.05) is 54.2 Å². The molecular formula is C26H35BrN4O2. The minimum Gasteiger partial charge on any atom is -0.355 e. The number of aryl methyl sites for hydroxylation is 1. The van der Waals surface area contributed by atoms with Gasteiger partial charge in [-0.15, -0.1) is 0 Å². The SMILES string of the molecule is Cc1cc(Br)ccc1N(CC(=O)NCCCC(C)C)CC(=O)N(C)N1Cc2ccccc2C1. The largest absolute Gasteiger partial charge is 0.355 e. The van der Waals surface area contributed by atoms with Gasteiger partial charge >= 0.3 is 0 Å². The zero-order valence-corrected chi connectivity index (χ0v) is 21.7. The summed E-state index contributed by atoms with van der Waals surface area (Å²) in [5.74, 6) is 0.511. The zero-order valence-electron chi connectivity index (χ0n) is 20.1. The van der Waals surface area contributed by atoms with E-state index in [9.17, 15) is 9.59 Å². The summed E-state index contributed by atoms with van der Waals surface area (Å²) in [5.41, 5.74) is 4.40. The third-order valence-electron chi connectivity index (χ3n) is 6.05. The Morgan fingerprint density at radius 1 is 1.09 bits per heavy atom. The van der Waals surface area contributed by atoms with E-state index in [4.69, 9.17) is 0 Å². The van der Waals surface area contributed by atoms with E-state index in [0.29, 0.717) is 25.6 Å². The molecule has 0 radical (unpaired) electrons. The number of benzene rings is 2. The average Bonchev–Trinajstić information content (AvgIpc) is 3.20. The van der Waals surface area contributed by atoms with Gasteiger partial charge in [0.15, 0.2) is 0 Å². The quantitative estimate of drug-likeness (QED) is 0.474. The van der Waals surface area contributed by atoms with Crippen LogP contribution in [0.1, 0.15) is 43.4 Å². The van der Waals surface area contributed by atoms with Crippen LogP contribution in [0.5, 0.6) is 0 Å². The van der Waals surface area contributed by atoms with E-state index in [2.05, 4.69) is 47.2 Å². The number of rotatable bonds is 10. The van der Waals surface area contributed by atoms with Crippen LogP contribution in [-0.2, 0) is 22.7 Å². The second kappa shape index (κ2) is 11.7. The molecule has 0 aromatic heterocycles. The van der Waals surface area contributed by atoms with Crippen molar-refractivity contribution in [3.63, 3.8) is 0 Å². The highest BCUT2D eigenvalue weighted by Crippen LogP contribution is 2.26. The molecule has 0 atom stereocenters. The smallest absolute Gasteiger partial charge is 0.256 e. The second-order valence-corrected chi connectivity index (χ2v) is 10.1. The number of nitrogens with one attached hydrogen (secondary N) is 1. The highest BCUT2D eigenvalue weighted by Gasteiger charge is 2.26. The first-order valence-electron chi connectivity index (χ1n) is 11.6. The fourth-order valence-electron chi connectivity index (χ4n) is 4.12. The van der Waals surface area contributed by atoms with E-state index < -0.39 is 0 Å². The lowest BCUT2D eigenvalue weighted by Crippen LogP contribution is -2.48. The van der Waals surface area contributed by atoms with E-state index in [1.165, 1.54) is 11.1 Å². The predicted octanol–water partition coefficient (Wildman–Crippen LogP) is 4.51. The van der Waals surface area contributed by atoms with Gasteiger partial charge in [-0.1, -0.05) is 54.0 Å². The molecular weight excluding hydrogens is 480 g/mol. The summed E-state index contributed by atoms with van der Waals surface area (Å²) in [6, 6.07) is 14.2. The summed E-state index contributed by atoms with van der Waals surface area (Å²) >= 11 is 3.50. The van der Waals surface area contributed by atoms with Crippen molar-refractivity contribution in [3.8, 4) is 0 Å². The van der Waals surface area contributed by atoms with Crippen molar-refractivity contribution in [2.24, 2.45) is 5.92 Å². The van der Waals surface area contributed by atoms with Crippen LogP contribution in [0.4, 0.5) is 5.69 Å². The number of fused-ring (bicyclic) bond motifs is 1. The molecule has 1 N–H and O–H groups in total. The molecule has 2 amide bonds. The molecule has 2 aromatic rings. The highest BCUT2D eigenvalue weighted by atomic mass is 79.9. The number of halogens is 1. The molecule has 1 aliphatic heterocycles. The summed E-state index contributed by atoms with van der Waals surface area (Å²) in [6.45, 7) is 8.72. The lowest BCUT2D eigenvalue weighted by atomic mass is 10.1. The predicted molar refractivity (Wildman–Crippen MR) is 137 cm³/mol. The molecule has 0 saturated carbocycles. The summed E-state index contributed by atoms with van der Waals surface area (Å²) in [5, 5.41) is 6.76. The summed E-state index contributed by atoms with van der Waals surface area (Å²) in [6.07, 6.45) is 2.04. The Balaban J connectivity index is 1.67. The van der Waals surface area contributed by atoms with Crippen molar-refractivity contribution in [2.75, 3.05) is 31.6 Å². The first-order chi connectivity index (χ1) is 15.7. The van der Waals surface area contributed by atoms with Gasteiger partial charge in [-0.2, -0.15) is 0 Å². The van der Waals surface area contributed by atoms with Gasteiger partial charge in [0, 0.05) is 36.8 Å². The minimum absolute atomic E-state index is 0.0438. The third kappa shape index (κ3) is 7.05. The minimum atomic E-state index is -0.0647. The van der Waals surface area contributed by atoms with Crippen LogP contribution in [0.3, 0.4) is 0 Å². The van der Waals surface area contributed by atoms with E-state index in [0.717, 1.165) is 28.6 Å². The Labute approximate surface area is 206 Å². The molecule has 0 fully saturated rings. The molecule has 0 aliphatic carbocycles. The fourth-order valence-corrected chi connectivity index (χ4v) is 4.59. The Bertz CT molecular complexity index is 954. The second-order valence-electron chi connectivity index (χ2n) is 9.18. The van der Waals surface area contributed by atoms with Gasteiger partial charge in [-0.05, 0) is 60.6 Å². The number of anilines is 1. The number of hydrazine groups is 1. The van der Waals surface area contributed by atoms with E-state index in [1.54, 1.807) is 5.01 Å². The van der Waals surface area contributed by atoms with Crippen LogP contribution in [0.25, 0.3) is 0 Å².